The van der Waals surface area contributed by atoms with Crippen molar-refractivity contribution >= 4 is 11.6 Å². The van der Waals surface area contributed by atoms with E-state index in [0.29, 0.717) is 13.1 Å². The maximum atomic E-state index is 12.5. The monoisotopic (exact) mass is 267 g/mol. The Morgan fingerprint density at radius 3 is 2.63 bits per heavy atom. The van der Waals surface area contributed by atoms with Gasteiger partial charge in [-0.25, -0.2) is 0 Å². The molecule has 2 rings (SSSR count). The number of rotatable bonds is 3. The average Bonchev–Trinajstić information content (AvgIpc) is 2.89. The minimum atomic E-state index is -0.925. The summed E-state index contributed by atoms with van der Waals surface area (Å²) in [6.45, 7) is 6.25. The van der Waals surface area contributed by atoms with Gasteiger partial charge in [0.1, 0.15) is 17.9 Å². The fraction of sp³-hybridized carbons (Fsp3) is 0.636. The van der Waals surface area contributed by atoms with Crippen LogP contribution in [0.25, 0.3) is 0 Å². The normalized spacial score (nSPS) is 16.4. The Balaban J connectivity index is 2.19. The number of carbonyl (C=O) groups is 1. The Morgan fingerprint density at radius 1 is 1.47 bits per heavy atom. The lowest BCUT2D eigenvalue weighted by atomic mass is 10.0. The van der Waals surface area contributed by atoms with Crippen molar-refractivity contribution in [2.75, 3.05) is 26.2 Å². The summed E-state index contributed by atoms with van der Waals surface area (Å²) in [6, 6.07) is 0. The standard InChI is InChI=1S/C11H17N5O3/c1-11(2,10(17)14-5-3-12-4-6-14)15-8-9(7-13-15)16(18)19/h7-8,12H,3-6H2,1-2H3. The predicted octanol–water partition coefficient (Wildman–Crippen LogP) is -0.0418. The van der Waals surface area contributed by atoms with Crippen molar-refractivity contribution in [1.29, 1.82) is 0 Å². The highest BCUT2D eigenvalue weighted by Crippen LogP contribution is 2.21. The van der Waals surface area contributed by atoms with E-state index < -0.39 is 10.5 Å². The number of aromatic nitrogens is 2. The molecule has 1 aliphatic rings. The van der Waals surface area contributed by atoms with Crippen LogP contribution in [0.5, 0.6) is 0 Å². The topological polar surface area (TPSA) is 93.3 Å². The lowest BCUT2D eigenvalue weighted by Crippen LogP contribution is -2.53. The van der Waals surface area contributed by atoms with Gasteiger partial charge in [0.25, 0.3) is 0 Å². The first-order valence-electron chi connectivity index (χ1n) is 6.12. The van der Waals surface area contributed by atoms with E-state index in [0.717, 1.165) is 19.3 Å². The summed E-state index contributed by atoms with van der Waals surface area (Å²) in [5, 5.41) is 17.8. The smallest absolute Gasteiger partial charge is 0.307 e. The minimum Gasteiger partial charge on any atom is -0.338 e. The highest BCUT2D eigenvalue weighted by molar-refractivity contribution is 5.83. The Kier molecular flexibility index (Phi) is 3.52. The summed E-state index contributed by atoms with van der Waals surface area (Å²) in [7, 11) is 0. The van der Waals surface area contributed by atoms with Crippen LogP contribution in [0.3, 0.4) is 0 Å². The first kappa shape index (κ1) is 13.5. The zero-order valence-corrected chi connectivity index (χ0v) is 11.0. The number of piperazine rings is 1. The van der Waals surface area contributed by atoms with E-state index in [2.05, 4.69) is 10.4 Å². The lowest BCUT2D eigenvalue weighted by Gasteiger charge is -2.34. The molecule has 0 atom stereocenters. The number of hydrogen-bond acceptors (Lipinski definition) is 5. The van der Waals surface area contributed by atoms with Crippen LogP contribution in [-0.2, 0) is 10.3 Å². The predicted molar refractivity (Wildman–Crippen MR) is 67.7 cm³/mol. The average molecular weight is 267 g/mol. The summed E-state index contributed by atoms with van der Waals surface area (Å²) in [5.41, 5.74) is -1.04. The van der Waals surface area contributed by atoms with Gasteiger partial charge in [0, 0.05) is 26.2 Å². The SMILES string of the molecule is CC(C)(C(=O)N1CCNCC1)n1cc([N+](=O)[O-])cn1. The number of nitrogens with one attached hydrogen (secondary N) is 1. The molecule has 0 saturated carbocycles. The van der Waals surface area contributed by atoms with Crippen molar-refractivity contribution in [3.05, 3.63) is 22.5 Å². The van der Waals surface area contributed by atoms with Crippen molar-refractivity contribution in [1.82, 2.24) is 20.0 Å². The molecule has 1 amide bonds. The van der Waals surface area contributed by atoms with E-state index in [1.165, 1.54) is 10.9 Å². The van der Waals surface area contributed by atoms with Gasteiger partial charge in [-0.2, -0.15) is 5.10 Å². The molecule has 0 radical (unpaired) electrons. The Morgan fingerprint density at radius 2 is 2.11 bits per heavy atom. The van der Waals surface area contributed by atoms with Crippen LogP contribution in [0.2, 0.25) is 0 Å². The molecule has 104 valence electrons. The van der Waals surface area contributed by atoms with Gasteiger partial charge in [0.15, 0.2) is 0 Å². The third-order valence-electron chi connectivity index (χ3n) is 3.28. The summed E-state index contributed by atoms with van der Waals surface area (Å²) < 4.78 is 1.36. The van der Waals surface area contributed by atoms with E-state index in [1.54, 1.807) is 18.7 Å². The van der Waals surface area contributed by atoms with Crippen LogP contribution in [-0.4, -0.2) is 51.7 Å². The molecule has 1 aromatic rings. The van der Waals surface area contributed by atoms with Crippen LogP contribution in [0, 0.1) is 10.1 Å². The van der Waals surface area contributed by atoms with Crippen molar-refractivity contribution in [3.63, 3.8) is 0 Å². The number of nitrogens with zero attached hydrogens (tertiary/aromatic N) is 4. The molecule has 1 fully saturated rings. The molecule has 8 heteroatoms. The summed E-state index contributed by atoms with van der Waals surface area (Å²) in [6.07, 6.45) is 2.45. The van der Waals surface area contributed by atoms with Crippen molar-refractivity contribution in [3.8, 4) is 0 Å². The van der Waals surface area contributed by atoms with E-state index in [9.17, 15) is 14.9 Å². The maximum absolute atomic E-state index is 12.5. The van der Waals surface area contributed by atoms with Crippen molar-refractivity contribution in [2.24, 2.45) is 0 Å². The fourth-order valence-electron chi connectivity index (χ4n) is 2.07. The second-order valence-corrected chi connectivity index (χ2v) is 5.00. The molecule has 0 spiro atoms. The van der Waals surface area contributed by atoms with Gasteiger partial charge >= 0.3 is 5.69 Å². The van der Waals surface area contributed by atoms with Gasteiger partial charge < -0.3 is 10.2 Å². The minimum absolute atomic E-state index is 0.0769. The quantitative estimate of drug-likeness (QED) is 0.612. The van der Waals surface area contributed by atoms with Crippen molar-refractivity contribution in [2.45, 2.75) is 19.4 Å². The summed E-state index contributed by atoms with van der Waals surface area (Å²) >= 11 is 0. The molecule has 1 aromatic heterocycles. The van der Waals surface area contributed by atoms with Gasteiger partial charge in [0.2, 0.25) is 5.91 Å². The largest absolute Gasteiger partial charge is 0.338 e. The second-order valence-electron chi connectivity index (χ2n) is 5.00. The molecule has 8 nitrogen and oxygen atoms in total. The highest BCUT2D eigenvalue weighted by Gasteiger charge is 2.35. The van der Waals surface area contributed by atoms with Gasteiger partial charge in [-0.05, 0) is 13.8 Å². The van der Waals surface area contributed by atoms with Crippen LogP contribution < -0.4 is 5.32 Å². The van der Waals surface area contributed by atoms with E-state index in [4.69, 9.17) is 0 Å². The molecule has 1 aliphatic heterocycles. The van der Waals surface area contributed by atoms with Crippen LogP contribution >= 0.6 is 0 Å². The molecule has 0 bridgehead atoms. The first-order valence-corrected chi connectivity index (χ1v) is 6.12. The summed E-state index contributed by atoms with van der Waals surface area (Å²) in [4.78, 5) is 24.4. The zero-order valence-electron chi connectivity index (χ0n) is 11.0. The third kappa shape index (κ3) is 2.58. The molecule has 19 heavy (non-hydrogen) atoms. The number of carbonyl (C=O) groups excluding carboxylic acids is 1. The molecular formula is C11H17N5O3. The van der Waals surface area contributed by atoms with Gasteiger partial charge in [-0.3, -0.25) is 19.6 Å². The van der Waals surface area contributed by atoms with Crippen LogP contribution in [0.4, 0.5) is 5.69 Å². The number of nitro groups is 1. The van der Waals surface area contributed by atoms with E-state index in [1.807, 2.05) is 0 Å². The molecule has 2 heterocycles. The maximum Gasteiger partial charge on any atom is 0.307 e. The fourth-order valence-corrected chi connectivity index (χ4v) is 2.07. The Hall–Kier alpha value is -1.96. The van der Waals surface area contributed by atoms with Gasteiger partial charge in [-0.1, -0.05) is 0 Å². The molecule has 1 N–H and O–H groups in total. The van der Waals surface area contributed by atoms with Gasteiger partial charge in [0.05, 0.1) is 4.92 Å². The van der Waals surface area contributed by atoms with E-state index >= 15 is 0 Å². The number of hydrogen-bond donors (Lipinski definition) is 1. The molecular weight excluding hydrogens is 250 g/mol. The molecule has 1 saturated heterocycles. The first-order chi connectivity index (χ1) is 8.93. The number of amides is 1. The second kappa shape index (κ2) is 4.96. The lowest BCUT2D eigenvalue weighted by molar-refractivity contribution is -0.385. The van der Waals surface area contributed by atoms with Crippen LogP contribution in [0.15, 0.2) is 12.4 Å². The zero-order chi connectivity index (χ0) is 14.0. The Bertz CT molecular complexity index is 490. The Labute approximate surface area is 110 Å². The molecule has 0 aromatic carbocycles. The third-order valence-corrected chi connectivity index (χ3v) is 3.28. The van der Waals surface area contributed by atoms with Crippen LogP contribution in [0.1, 0.15) is 13.8 Å². The molecule has 0 unspecified atom stereocenters. The molecule has 0 aliphatic carbocycles. The van der Waals surface area contributed by atoms with E-state index in [-0.39, 0.29) is 11.6 Å². The summed E-state index contributed by atoms with van der Waals surface area (Å²) in [5.74, 6) is -0.0769. The van der Waals surface area contributed by atoms with Gasteiger partial charge in [-0.15, -0.1) is 0 Å². The highest BCUT2D eigenvalue weighted by atomic mass is 16.6. The van der Waals surface area contributed by atoms with Crippen molar-refractivity contribution < 1.29 is 9.72 Å².